The number of nitrogens with one attached hydrogen (secondary N) is 1. The quantitative estimate of drug-likeness (QED) is 0.299. The molecule has 0 amide bonds. The number of nitrogens with two attached hydrogens (primary N) is 1. The summed E-state index contributed by atoms with van der Waals surface area (Å²) in [5, 5.41) is 12.4. The van der Waals surface area contributed by atoms with Crippen LogP contribution < -0.4 is 11.1 Å². The number of phenols is 1. The number of rotatable bonds is 7. The Labute approximate surface area is 107 Å². The van der Waals surface area contributed by atoms with E-state index in [-0.39, 0.29) is 11.7 Å². The Morgan fingerprint density at radius 1 is 1.44 bits per heavy atom. The standard InChI is InChI=1S/C13H20N2O3/c1-2-18-13(17)5-3-4-8-15-12-7-6-10(16)9-11(12)14/h6-7,9,15-16H,2-5,8,14H2,1H3. The van der Waals surface area contributed by atoms with Crippen molar-refractivity contribution < 1.29 is 14.6 Å². The predicted octanol–water partition coefficient (Wildman–Crippen LogP) is 2.12. The molecule has 1 aromatic rings. The second-order valence-corrected chi connectivity index (χ2v) is 3.96. The zero-order valence-corrected chi connectivity index (χ0v) is 10.6. The van der Waals surface area contributed by atoms with Crippen molar-refractivity contribution in [1.29, 1.82) is 0 Å². The minimum absolute atomic E-state index is 0.151. The summed E-state index contributed by atoms with van der Waals surface area (Å²) in [7, 11) is 0. The molecule has 0 heterocycles. The van der Waals surface area contributed by atoms with Crippen molar-refractivity contribution in [2.75, 3.05) is 24.2 Å². The van der Waals surface area contributed by atoms with Crippen LogP contribution in [0.4, 0.5) is 11.4 Å². The van der Waals surface area contributed by atoms with Gasteiger partial charge in [-0.25, -0.2) is 0 Å². The highest BCUT2D eigenvalue weighted by Crippen LogP contribution is 2.23. The molecule has 5 nitrogen and oxygen atoms in total. The highest BCUT2D eigenvalue weighted by Gasteiger charge is 2.02. The fourth-order valence-corrected chi connectivity index (χ4v) is 1.56. The third-order valence-corrected chi connectivity index (χ3v) is 2.46. The van der Waals surface area contributed by atoms with E-state index in [9.17, 15) is 9.90 Å². The molecule has 0 radical (unpaired) electrons. The summed E-state index contributed by atoms with van der Waals surface area (Å²) in [6.07, 6.45) is 2.09. The molecule has 0 unspecified atom stereocenters. The molecule has 0 atom stereocenters. The number of benzene rings is 1. The van der Waals surface area contributed by atoms with E-state index in [1.54, 1.807) is 19.1 Å². The summed E-state index contributed by atoms with van der Waals surface area (Å²) in [6.45, 7) is 2.96. The van der Waals surface area contributed by atoms with Gasteiger partial charge in [0, 0.05) is 19.0 Å². The number of nitrogen functional groups attached to an aromatic ring is 1. The topological polar surface area (TPSA) is 84.6 Å². The molecule has 18 heavy (non-hydrogen) atoms. The smallest absolute Gasteiger partial charge is 0.305 e. The molecule has 0 saturated heterocycles. The number of carbonyl (C=O) groups is 1. The molecule has 0 bridgehead atoms. The molecule has 4 N–H and O–H groups in total. The molecular weight excluding hydrogens is 232 g/mol. The van der Waals surface area contributed by atoms with E-state index < -0.39 is 0 Å². The van der Waals surface area contributed by atoms with E-state index in [0.29, 0.717) is 18.7 Å². The Balaban J connectivity index is 2.20. The largest absolute Gasteiger partial charge is 0.508 e. The maximum absolute atomic E-state index is 11.1. The van der Waals surface area contributed by atoms with Crippen molar-refractivity contribution in [2.24, 2.45) is 0 Å². The summed E-state index contributed by atoms with van der Waals surface area (Å²) in [6, 6.07) is 4.81. The highest BCUT2D eigenvalue weighted by atomic mass is 16.5. The van der Waals surface area contributed by atoms with E-state index in [1.165, 1.54) is 6.07 Å². The monoisotopic (exact) mass is 252 g/mol. The summed E-state index contributed by atoms with van der Waals surface area (Å²) < 4.78 is 4.83. The Morgan fingerprint density at radius 2 is 2.22 bits per heavy atom. The number of carbonyl (C=O) groups excluding carboxylic acids is 1. The molecule has 0 spiro atoms. The van der Waals surface area contributed by atoms with Gasteiger partial charge in [-0.05, 0) is 31.9 Å². The number of unbranched alkanes of at least 4 members (excludes halogenated alkanes) is 1. The van der Waals surface area contributed by atoms with E-state index in [2.05, 4.69) is 5.32 Å². The van der Waals surface area contributed by atoms with Crippen molar-refractivity contribution in [3.8, 4) is 5.75 Å². The van der Waals surface area contributed by atoms with Gasteiger partial charge in [0.05, 0.1) is 18.0 Å². The first-order chi connectivity index (χ1) is 8.63. The number of esters is 1. The van der Waals surface area contributed by atoms with Gasteiger partial charge in [0.25, 0.3) is 0 Å². The first-order valence-corrected chi connectivity index (χ1v) is 6.11. The van der Waals surface area contributed by atoms with Gasteiger partial charge in [-0.1, -0.05) is 0 Å². The Morgan fingerprint density at radius 3 is 2.89 bits per heavy atom. The number of ether oxygens (including phenoxy) is 1. The first-order valence-electron chi connectivity index (χ1n) is 6.11. The van der Waals surface area contributed by atoms with Gasteiger partial charge in [0.15, 0.2) is 0 Å². The van der Waals surface area contributed by atoms with Crippen LogP contribution in [-0.4, -0.2) is 24.2 Å². The number of hydrogen-bond donors (Lipinski definition) is 3. The van der Waals surface area contributed by atoms with E-state index in [0.717, 1.165) is 25.1 Å². The summed E-state index contributed by atoms with van der Waals surface area (Å²) in [5.74, 6) is 0.00186. The third-order valence-electron chi connectivity index (χ3n) is 2.46. The maximum Gasteiger partial charge on any atom is 0.305 e. The van der Waals surface area contributed by atoms with Gasteiger partial charge < -0.3 is 20.9 Å². The minimum atomic E-state index is -0.151. The van der Waals surface area contributed by atoms with Gasteiger partial charge in [-0.2, -0.15) is 0 Å². The van der Waals surface area contributed by atoms with E-state index in [1.807, 2.05) is 0 Å². The Bertz CT molecular complexity index is 394. The molecule has 0 aliphatic rings. The van der Waals surface area contributed by atoms with Gasteiger partial charge in [0.2, 0.25) is 0 Å². The molecule has 0 fully saturated rings. The summed E-state index contributed by atoms with van der Waals surface area (Å²) >= 11 is 0. The highest BCUT2D eigenvalue weighted by molar-refractivity contribution is 5.69. The third kappa shape index (κ3) is 4.95. The van der Waals surface area contributed by atoms with Crippen molar-refractivity contribution in [1.82, 2.24) is 0 Å². The van der Waals surface area contributed by atoms with Gasteiger partial charge >= 0.3 is 5.97 Å². The lowest BCUT2D eigenvalue weighted by atomic mass is 10.2. The summed E-state index contributed by atoms with van der Waals surface area (Å²) in [5.41, 5.74) is 7.04. The number of phenolic OH excluding ortho intramolecular Hbond substituents is 1. The van der Waals surface area contributed by atoms with Gasteiger partial charge in [-0.3, -0.25) is 4.79 Å². The van der Waals surface area contributed by atoms with Gasteiger partial charge in [0.1, 0.15) is 5.75 Å². The zero-order valence-electron chi connectivity index (χ0n) is 10.6. The molecular formula is C13H20N2O3. The first kappa shape index (κ1) is 14.2. The van der Waals surface area contributed by atoms with E-state index in [4.69, 9.17) is 10.5 Å². The average Bonchev–Trinajstić information content (AvgIpc) is 2.31. The molecule has 1 aromatic carbocycles. The van der Waals surface area contributed by atoms with Crippen LogP contribution in [0, 0.1) is 0 Å². The fraction of sp³-hybridized carbons (Fsp3) is 0.462. The van der Waals surface area contributed by atoms with Gasteiger partial charge in [-0.15, -0.1) is 0 Å². The van der Waals surface area contributed by atoms with Crippen LogP contribution in [0.15, 0.2) is 18.2 Å². The van der Waals surface area contributed by atoms with Crippen LogP contribution in [0.3, 0.4) is 0 Å². The molecule has 0 saturated carbocycles. The van der Waals surface area contributed by atoms with Crippen LogP contribution in [0.1, 0.15) is 26.2 Å². The second kappa shape index (κ2) is 7.42. The number of aromatic hydroxyl groups is 1. The average molecular weight is 252 g/mol. The van der Waals surface area contributed by atoms with Crippen LogP contribution in [0.5, 0.6) is 5.75 Å². The lowest BCUT2D eigenvalue weighted by Gasteiger charge is -2.09. The van der Waals surface area contributed by atoms with Crippen molar-refractivity contribution >= 4 is 17.3 Å². The molecule has 0 aliphatic carbocycles. The molecule has 0 aliphatic heterocycles. The van der Waals surface area contributed by atoms with Crippen LogP contribution >= 0.6 is 0 Å². The van der Waals surface area contributed by atoms with E-state index >= 15 is 0 Å². The Hall–Kier alpha value is -1.91. The molecule has 1 rings (SSSR count). The van der Waals surface area contributed by atoms with Crippen LogP contribution in [0.2, 0.25) is 0 Å². The van der Waals surface area contributed by atoms with Crippen LogP contribution in [-0.2, 0) is 9.53 Å². The fourth-order valence-electron chi connectivity index (χ4n) is 1.56. The normalized spacial score (nSPS) is 10.1. The minimum Gasteiger partial charge on any atom is -0.508 e. The van der Waals surface area contributed by atoms with Crippen molar-refractivity contribution in [2.45, 2.75) is 26.2 Å². The zero-order chi connectivity index (χ0) is 13.4. The lowest BCUT2D eigenvalue weighted by molar-refractivity contribution is -0.143. The predicted molar refractivity (Wildman–Crippen MR) is 71.5 cm³/mol. The molecule has 5 heteroatoms. The lowest BCUT2D eigenvalue weighted by Crippen LogP contribution is -2.07. The number of hydrogen-bond acceptors (Lipinski definition) is 5. The number of anilines is 2. The second-order valence-electron chi connectivity index (χ2n) is 3.96. The SMILES string of the molecule is CCOC(=O)CCCCNc1ccc(O)cc1N. The molecule has 100 valence electrons. The van der Waals surface area contributed by atoms with Crippen LogP contribution in [0.25, 0.3) is 0 Å². The van der Waals surface area contributed by atoms with Crippen molar-refractivity contribution in [3.63, 3.8) is 0 Å². The maximum atomic E-state index is 11.1. The van der Waals surface area contributed by atoms with Crippen molar-refractivity contribution in [3.05, 3.63) is 18.2 Å². The molecule has 0 aromatic heterocycles. The Kier molecular flexibility index (Phi) is 5.84. The summed E-state index contributed by atoms with van der Waals surface area (Å²) in [4.78, 5) is 11.1.